The normalized spacial score (nSPS) is 22.4. The second-order valence-electron chi connectivity index (χ2n) is 2.87. The van der Waals surface area contributed by atoms with E-state index < -0.39 is 0 Å². The number of nitrogens with zero attached hydrogens (tertiary/aromatic N) is 6. The molecule has 0 amide bonds. The van der Waals surface area contributed by atoms with Gasteiger partial charge in [-0.15, -0.1) is 10.2 Å². The van der Waals surface area contributed by atoms with Crippen LogP contribution in [0.2, 0.25) is 0 Å². The summed E-state index contributed by atoms with van der Waals surface area (Å²) in [7, 11) is 0. The summed E-state index contributed by atoms with van der Waals surface area (Å²) in [6.45, 7) is 0. The van der Waals surface area contributed by atoms with E-state index in [1.807, 2.05) is 0 Å². The molecular weight excluding hydrogens is 184 g/mol. The van der Waals surface area contributed by atoms with E-state index in [0.717, 1.165) is 0 Å². The van der Waals surface area contributed by atoms with Gasteiger partial charge in [0.1, 0.15) is 17.8 Å². The Hall–Kier alpha value is -2.18. The maximum absolute atomic E-state index is 10.7. The third-order valence-corrected chi connectivity index (χ3v) is 2.10. The molecule has 14 heavy (non-hydrogen) atoms. The van der Waals surface area contributed by atoms with Gasteiger partial charge >= 0.3 is 0 Å². The summed E-state index contributed by atoms with van der Waals surface area (Å²) in [6.07, 6.45) is 3.69. The third-order valence-electron chi connectivity index (χ3n) is 2.10. The van der Waals surface area contributed by atoms with Crippen molar-refractivity contribution >= 4 is 23.9 Å². The topological polar surface area (TPSA) is 84.9 Å². The van der Waals surface area contributed by atoms with Gasteiger partial charge in [0.25, 0.3) is 0 Å². The Morgan fingerprint density at radius 3 is 3.29 bits per heavy atom. The molecule has 2 aliphatic rings. The second kappa shape index (κ2) is 2.41. The first-order valence-corrected chi connectivity index (χ1v) is 3.95. The van der Waals surface area contributed by atoms with Gasteiger partial charge < -0.3 is 0 Å². The van der Waals surface area contributed by atoms with Crippen molar-refractivity contribution in [2.45, 2.75) is 0 Å². The predicted octanol–water partition coefficient (Wildman–Crippen LogP) is -0.901. The minimum Gasteiger partial charge on any atom is -0.296 e. The van der Waals surface area contributed by atoms with Crippen LogP contribution in [-0.4, -0.2) is 38.8 Å². The van der Waals surface area contributed by atoms with Crippen LogP contribution in [0.4, 0.5) is 0 Å². The van der Waals surface area contributed by atoms with Crippen LogP contribution in [0.5, 0.6) is 0 Å². The highest BCUT2D eigenvalue weighted by molar-refractivity contribution is 6.42. The fourth-order valence-corrected chi connectivity index (χ4v) is 1.45. The van der Waals surface area contributed by atoms with Crippen LogP contribution in [0.25, 0.3) is 0 Å². The fraction of sp³-hybridized carbons (Fsp3) is 0.143. The highest BCUT2D eigenvalue weighted by atomic mass is 16.1. The van der Waals surface area contributed by atoms with E-state index in [1.54, 1.807) is 6.21 Å². The minimum atomic E-state index is -0.260. The second-order valence-corrected chi connectivity index (χ2v) is 2.87. The Balaban J connectivity index is 2.27. The van der Waals surface area contributed by atoms with Gasteiger partial charge in [-0.2, -0.15) is 20.0 Å². The number of carbonyl (C=O) groups is 1. The van der Waals surface area contributed by atoms with Crippen LogP contribution in [-0.2, 0) is 4.79 Å². The first-order chi connectivity index (χ1) is 6.90. The molecule has 0 bridgehead atoms. The molecule has 0 fully saturated rings. The number of hydrogen-bond acceptors (Lipinski definition) is 6. The summed E-state index contributed by atoms with van der Waals surface area (Å²) >= 11 is 0. The van der Waals surface area contributed by atoms with E-state index in [9.17, 15) is 4.79 Å². The summed E-state index contributed by atoms with van der Waals surface area (Å²) in [5, 5.41) is 19.2. The van der Waals surface area contributed by atoms with E-state index in [0.29, 0.717) is 23.5 Å². The van der Waals surface area contributed by atoms with Crippen molar-refractivity contribution in [1.29, 1.82) is 0 Å². The summed E-state index contributed by atoms with van der Waals surface area (Å²) in [4.78, 5) is 10.7. The SMILES string of the molecule is O=CC1=Nn2cnnc2C2=NN=CC12. The number of aldehydes is 1. The molecule has 7 heteroatoms. The van der Waals surface area contributed by atoms with Crippen LogP contribution in [0.1, 0.15) is 5.82 Å². The van der Waals surface area contributed by atoms with Crippen molar-refractivity contribution in [3.05, 3.63) is 12.2 Å². The molecule has 68 valence electrons. The van der Waals surface area contributed by atoms with Crippen molar-refractivity contribution < 1.29 is 4.79 Å². The van der Waals surface area contributed by atoms with Crippen molar-refractivity contribution in [2.24, 2.45) is 21.2 Å². The van der Waals surface area contributed by atoms with Gasteiger partial charge in [-0.25, -0.2) is 0 Å². The zero-order valence-electron chi connectivity index (χ0n) is 6.90. The zero-order valence-corrected chi connectivity index (χ0v) is 6.90. The molecule has 0 saturated heterocycles. The number of aromatic nitrogens is 3. The molecule has 0 aliphatic carbocycles. The van der Waals surface area contributed by atoms with Crippen LogP contribution in [0, 0.1) is 5.92 Å². The first-order valence-electron chi connectivity index (χ1n) is 3.95. The average Bonchev–Trinajstić information content (AvgIpc) is 2.83. The molecule has 3 heterocycles. The van der Waals surface area contributed by atoms with Crippen molar-refractivity contribution in [3.63, 3.8) is 0 Å². The molecule has 0 aromatic carbocycles. The van der Waals surface area contributed by atoms with Gasteiger partial charge in [0.05, 0.1) is 5.92 Å². The van der Waals surface area contributed by atoms with E-state index in [1.165, 1.54) is 11.0 Å². The fourth-order valence-electron chi connectivity index (χ4n) is 1.45. The summed E-state index contributed by atoms with van der Waals surface area (Å²) in [5.41, 5.74) is 0.997. The molecule has 0 spiro atoms. The van der Waals surface area contributed by atoms with Crippen LogP contribution in [0.3, 0.4) is 0 Å². The quantitative estimate of drug-likeness (QED) is 0.535. The predicted molar refractivity (Wildman–Crippen MR) is 47.4 cm³/mol. The Morgan fingerprint density at radius 2 is 2.43 bits per heavy atom. The molecule has 3 rings (SSSR count). The molecule has 1 atom stereocenters. The summed E-state index contributed by atoms with van der Waals surface area (Å²) in [6, 6.07) is 0. The number of carbonyl (C=O) groups excluding carboxylic acids is 1. The molecule has 0 saturated carbocycles. The van der Waals surface area contributed by atoms with E-state index in [4.69, 9.17) is 0 Å². The number of fused-ring (bicyclic) bond motifs is 3. The van der Waals surface area contributed by atoms with E-state index >= 15 is 0 Å². The lowest BCUT2D eigenvalue weighted by Gasteiger charge is -2.13. The van der Waals surface area contributed by atoms with Crippen molar-refractivity contribution in [3.8, 4) is 0 Å². The Labute approximate surface area is 77.9 Å². The monoisotopic (exact) mass is 188 g/mol. The van der Waals surface area contributed by atoms with Crippen LogP contribution >= 0.6 is 0 Å². The van der Waals surface area contributed by atoms with E-state index in [-0.39, 0.29) is 5.92 Å². The Bertz CT molecular complexity index is 496. The number of hydrogen-bond donors (Lipinski definition) is 0. The largest absolute Gasteiger partial charge is 0.296 e. The van der Waals surface area contributed by atoms with Crippen LogP contribution in [0.15, 0.2) is 21.6 Å². The Kier molecular flexibility index (Phi) is 1.25. The molecule has 1 unspecified atom stereocenters. The van der Waals surface area contributed by atoms with Crippen molar-refractivity contribution in [2.75, 3.05) is 0 Å². The summed E-state index contributed by atoms with van der Waals surface area (Å²) < 4.78 is 1.42. The molecule has 1 aromatic rings. The maximum atomic E-state index is 10.7. The van der Waals surface area contributed by atoms with Crippen molar-refractivity contribution in [1.82, 2.24) is 14.9 Å². The highest BCUT2D eigenvalue weighted by Crippen LogP contribution is 2.17. The smallest absolute Gasteiger partial charge is 0.201 e. The lowest BCUT2D eigenvalue weighted by atomic mass is 9.98. The van der Waals surface area contributed by atoms with Gasteiger partial charge in [0.15, 0.2) is 6.29 Å². The Morgan fingerprint density at radius 1 is 1.50 bits per heavy atom. The van der Waals surface area contributed by atoms with E-state index in [2.05, 4.69) is 25.5 Å². The van der Waals surface area contributed by atoms with Gasteiger partial charge in [0, 0.05) is 6.21 Å². The average molecular weight is 188 g/mol. The van der Waals surface area contributed by atoms with Gasteiger partial charge in [-0.3, -0.25) is 4.79 Å². The minimum absolute atomic E-state index is 0.260. The lowest BCUT2D eigenvalue weighted by molar-refractivity contribution is -0.102. The first kappa shape index (κ1) is 7.25. The molecular formula is C7H4N6O. The third kappa shape index (κ3) is 0.754. The molecule has 0 radical (unpaired) electrons. The zero-order chi connectivity index (χ0) is 9.54. The summed E-state index contributed by atoms with van der Waals surface area (Å²) in [5.74, 6) is 0.280. The van der Waals surface area contributed by atoms with Crippen LogP contribution < -0.4 is 0 Å². The van der Waals surface area contributed by atoms with Gasteiger partial charge in [0.2, 0.25) is 5.82 Å². The molecule has 7 nitrogen and oxygen atoms in total. The standard InChI is InChI=1S/C7H4N6O/c14-2-5-4-1-8-10-6(4)7-11-9-3-13(7)12-5/h1-4H. The molecule has 0 N–H and O–H groups in total. The number of rotatable bonds is 1. The van der Waals surface area contributed by atoms with Gasteiger partial charge in [-0.1, -0.05) is 0 Å². The maximum Gasteiger partial charge on any atom is 0.201 e. The molecule has 2 aliphatic heterocycles. The molecule has 1 aromatic heterocycles. The highest BCUT2D eigenvalue weighted by Gasteiger charge is 2.32. The van der Waals surface area contributed by atoms with Gasteiger partial charge in [-0.05, 0) is 0 Å². The lowest BCUT2D eigenvalue weighted by Crippen LogP contribution is -2.31.